The second kappa shape index (κ2) is 7.95. The summed E-state index contributed by atoms with van der Waals surface area (Å²) in [5.41, 5.74) is 1.20. The highest BCUT2D eigenvalue weighted by atomic mass is 16.5. The summed E-state index contributed by atoms with van der Waals surface area (Å²) >= 11 is 0. The lowest BCUT2D eigenvalue weighted by Crippen LogP contribution is -2.45. The molecule has 0 aromatic carbocycles. The lowest BCUT2D eigenvalue weighted by Gasteiger charge is -2.39. The summed E-state index contributed by atoms with van der Waals surface area (Å²) in [7, 11) is 2.05. The normalized spacial score (nSPS) is 20.1. The number of aryl methyl sites for hydroxylation is 1. The highest BCUT2D eigenvalue weighted by molar-refractivity contribution is 5.16. The Morgan fingerprint density at radius 3 is 2.57 bits per heavy atom. The number of rotatable bonds is 7. The van der Waals surface area contributed by atoms with Gasteiger partial charge in [0.2, 0.25) is 0 Å². The summed E-state index contributed by atoms with van der Waals surface area (Å²) < 4.78 is 8.38. The van der Waals surface area contributed by atoms with Gasteiger partial charge in [0, 0.05) is 24.9 Å². The van der Waals surface area contributed by atoms with E-state index in [1.165, 1.54) is 31.2 Å². The minimum atomic E-state index is -0.0694. The van der Waals surface area contributed by atoms with E-state index in [0.717, 1.165) is 32.4 Å². The van der Waals surface area contributed by atoms with E-state index in [1.54, 1.807) is 0 Å². The van der Waals surface area contributed by atoms with Crippen LogP contribution in [-0.4, -0.2) is 29.0 Å². The topological polar surface area (TPSA) is 39.1 Å². The molecule has 0 amide bonds. The third-order valence-corrected chi connectivity index (χ3v) is 4.64. The quantitative estimate of drug-likeness (QED) is 0.779. The molecule has 1 saturated carbocycles. The lowest BCUT2D eigenvalue weighted by molar-refractivity contribution is -0.0767. The van der Waals surface area contributed by atoms with Gasteiger partial charge < -0.3 is 10.1 Å². The van der Waals surface area contributed by atoms with Gasteiger partial charge in [0.25, 0.3) is 0 Å². The van der Waals surface area contributed by atoms with Crippen LogP contribution >= 0.6 is 0 Å². The van der Waals surface area contributed by atoms with E-state index < -0.39 is 0 Å². The molecule has 0 bridgehead atoms. The van der Waals surface area contributed by atoms with Crippen LogP contribution < -0.4 is 5.32 Å². The molecule has 0 radical (unpaired) electrons. The van der Waals surface area contributed by atoms with Crippen molar-refractivity contribution in [3.63, 3.8) is 0 Å². The Labute approximate surface area is 129 Å². The largest absolute Gasteiger partial charge is 0.373 e. The molecule has 1 aliphatic rings. The molecule has 120 valence electrons. The van der Waals surface area contributed by atoms with E-state index in [-0.39, 0.29) is 11.6 Å². The van der Waals surface area contributed by atoms with E-state index in [2.05, 4.69) is 35.1 Å². The van der Waals surface area contributed by atoms with Crippen molar-refractivity contribution in [3.8, 4) is 0 Å². The van der Waals surface area contributed by atoms with Crippen molar-refractivity contribution in [2.75, 3.05) is 13.7 Å². The first-order valence-electron chi connectivity index (χ1n) is 8.59. The van der Waals surface area contributed by atoms with Gasteiger partial charge in [-0.25, -0.2) is 0 Å². The fraction of sp³-hybridized carbons (Fsp3) is 0.824. The first-order valence-corrected chi connectivity index (χ1v) is 8.59. The van der Waals surface area contributed by atoms with Gasteiger partial charge in [0.05, 0.1) is 17.8 Å². The number of likely N-dealkylation sites (N-methyl/N-ethyl adjacent to an activating group) is 1. The zero-order chi connectivity index (χ0) is 15.1. The van der Waals surface area contributed by atoms with Crippen LogP contribution in [-0.2, 0) is 11.3 Å². The number of hydrogen-bond acceptors (Lipinski definition) is 3. The molecule has 4 nitrogen and oxygen atoms in total. The van der Waals surface area contributed by atoms with Crippen LogP contribution in [0.5, 0.6) is 0 Å². The van der Waals surface area contributed by atoms with Crippen molar-refractivity contribution < 1.29 is 4.74 Å². The second-order valence-electron chi connectivity index (χ2n) is 6.17. The summed E-state index contributed by atoms with van der Waals surface area (Å²) in [6.45, 7) is 6.06. The van der Waals surface area contributed by atoms with Crippen LogP contribution in [0.4, 0.5) is 0 Å². The molecule has 1 aliphatic carbocycles. The second-order valence-corrected chi connectivity index (χ2v) is 6.17. The maximum absolute atomic E-state index is 6.33. The average Bonchev–Trinajstić information content (AvgIpc) is 2.79. The SMILES string of the molecule is CCCn1cc(C(NC)C2(OCC)CCCCCC2)cn1. The van der Waals surface area contributed by atoms with Gasteiger partial charge in [0.1, 0.15) is 0 Å². The van der Waals surface area contributed by atoms with Gasteiger partial charge in [-0.15, -0.1) is 0 Å². The summed E-state index contributed by atoms with van der Waals surface area (Å²) in [6, 6.07) is 0.237. The van der Waals surface area contributed by atoms with Crippen LogP contribution in [0.2, 0.25) is 0 Å². The number of nitrogens with one attached hydrogen (secondary N) is 1. The van der Waals surface area contributed by atoms with Gasteiger partial charge in [-0.05, 0) is 33.2 Å². The Balaban J connectivity index is 2.24. The molecule has 1 N–H and O–H groups in total. The van der Waals surface area contributed by atoms with Crippen molar-refractivity contribution >= 4 is 0 Å². The van der Waals surface area contributed by atoms with E-state index in [4.69, 9.17) is 4.74 Å². The zero-order valence-electron chi connectivity index (χ0n) is 13.9. The van der Waals surface area contributed by atoms with Crippen LogP contribution in [0.25, 0.3) is 0 Å². The van der Waals surface area contributed by atoms with Crippen molar-refractivity contribution in [3.05, 3.63) is 18.0 Å². The molecule has 1 fully saturated rings. The molecule has 21 heavy (non-hydrogen) atoms. The molecule has 2 rings (SSSR count). The fourth-order valence-corrected chi connectivity index (χ4v) is 3.74. The molecule has 4 heteroatoms. The van der Waals surface area contributed by atoms with Crippen LogP contribution in [0.15, 0.2) is 12.4 Å². The van der Waals surface area contributed by atoms with E-state index in [0.29, 0.717) is 0 Å². The minimum absolute atomic E-state index is 0.0694. The summed E-state index contributed by atoms with van der Waals surface area (Å²) in [6.07, 6.45) is 12.8. The molecule has 1 heterocycles. The van der Waals surface area contributed by atoms with Crippen LogP contribution in [0.3, 0.4) is 0 Å². The predicted octanol–water partition coefficient (Wildman–Crippen LogP) is 3.68. The minimum Gasteiger partial charge on any atom is -0.373 e. The number of nitrogens with zero attached hydrogens (tertiary/aromatic N) is 2. The number of aromatic nitrogens is 2. The highest BCUT2D eigenvalue weighted by Gasteiger charge is 2.40. The first kappa shape index (κ1) is 16.5. The Morgan fingerprint density at radius 2 is 2.00 bits per heavy atom. The van der Waals surface area contributed by atoms with Gasteiger partial charge in [-0.3, -0.25) is 4.68 Å². The third kappa shape index (κ3) is 3.86. The van der Waals surface area contributed by atoms with Crippen LogP contribution in [0, 0.1) is 0 Å². The summed E-state index contributed by atoms with van der Waals surface area (Å²) in [5, 5.41) is 8.02. The van der Waals surface area contributed by atoms with Gasteiger partial charge in [-0.2, -0.15) is 5.10 Å². The Bertz CT molecular complexity index is 408. The number of hydrogen-bond donors (Lipinski definition) is 1. The maximum atomic E-state index is 6.33. The zero-order valence-corrected chi connectivity index (χ0v) is 13.9. The smallest absolute Gasteiger partial charge is 0.0877 e. The average molecular weight is 293 g/mol. The number of ether oxygens (including phenoxy) is 1. The molecular formula is C17H31N3O. The molecule has 1 unspecified atom stereocenters. The maximum Gasteiger partial charge on any atom is 0.0877 e. The fourth-order valence-electron chi connectivity index (χ4n) is 3.74. The first-order chi connectivity index (χ1) is 10.3. The van der Waals surface area contributed by atoms with Gasteiger partial charge in [-0.1, -0.05) is 32.6 Å². The summed E-state index contributed by atoms with van der Waals surface area (Å²) in [5.74, 6) is 0. The summed E-state index contributed by atoms with van der Waals surface area (Å²) in [4.78, 5) is 0. The van der Waals surface area contributed by atoms with Crippen molar-refractivity contribution in [2.24, 2.45) is 0 Å². The molecule has 0 aliphatic heterocycles. The van der Waals surface area contributed by atoms with Crippen LogP contribution in [0.1, 0.15) is 70.4 Å². The Hall–Kier alpha value is -0.870. The van der Waals surface area contributed by atoms with E-state index >= 15 is 0 Å². The Kier molecular flexibility index (Phi) is 6.24. The van der Waals surface area contributed by atoms with Crippen molar-refractivity contribution in [1.82, 2.24) is 15.1 Å². The van der Waals surface area contributed by atoms with Gasteiger partial charge >= 0.3 is 0 Å². The Morgan fingerprint density at radius 1 is 1.29 bits per heavy atom. The standard InChI is InChI=1S/C17H31N3O/c1-4-12-20-14-15(13-19-20)16(18-3)17(21-5-2)10-8-6-7-9-11-17/h13-14,16,18H,4-12H2,1-3H3. The van der Waals surface area contributed by atoms with E-state index in [1.807, 2.05) is 13.2 Å². The molecule has 1 aromatic heterocycles. The van der Waals surface area contributed by atoms with Gasteiger partial charge in [0.15, 0.2) is 0 Å². The van der Waals surface area contributed by atoms with Crippen molar-refractivity contribution in [2.45, 2.75) is 77.0 Å². The van der Waals surface area contributed by atoms with Crippen molar-refractivity contribution in [1.29, 1.82) is 0 Å². The molecule has 1 aromatic rings. The highest BCUT2D eigenvalue weighted by Crippen LogP contribution is 2.40. The van der Waals surface area contributed by atoms with E-state index in [9.17, 15) is 0 Å². The molecule has 1 atom stereocenters. The molecular weight excluding hydrogens is 262 g/mol. The third-order valence-electron chi connectivity index (χ3n) is 4.64. The lowest BCUT2D eigenvalue weighted by atomic mass is 9.83. The monoisotopic (exact) mass is 293 g/mol. The molecule has 0 spiro atoms. The molecule has 0 saturated heterocycles. The predicted molar refractivity (Wildman–Crippen MR) is 86.4 cm³/mol.